The average molecular weight is 272 g/mol. The third-order valence-corrected chi connectivity index (χ3v) is 3.57. The van der Waals surface area contributed by atoms with E-state index >= 15 is 0 Å². The standard InChI is InChI=1S/C14H17BN2O3/c1-20-14(19)11-3-2-8-17(11)13(18)12(16)9-4-6-10(15)7-5-9/h4-7,11-12H,2-3,8,16H2,1H3. The molecule has 2 radical (unpaired) electrons. The maximum atomic E-state index is 12.4. The average Bonchev–Trinajstić information content (AvgIpc) is 2.95. The van der Waals surface area contributed by atoms with Gasteiger partial charge in [0.15, 0.2) is 0 Å². The molecule has 0 aliphatic carbocycles. The summed E-state index contributed by atoms with van der Waals surface area (Å²) in [5.74, 6) is -0.650. The fourth-order valence-corrected chi connectivity index (χ4v) is 2.44. The lowest BCUT2D eigenvalue weighted by Gasteiger charge is -2.25. The minimum absolute atomic E-state index is 0.261. The number of esters is 1. The number of carbonyl (C=O) groups is 2. The van der Waals surface area contributed by atoms with Gasteiger partial charge in [0.2, 0.25) is 5.91 Å². The van der Waals surface area contributed by atoms with Crippen molar-refractivity contribution in [3.8, 4) is 0 Å². The van der Waals surface area contributed by atoms with Gasteiger partial charge < -0.3 is 15.4 Å². The molecule has 2 atom stereocenters. The number of ether oxygens (including phenoxy) is 1. The van der Waals surface area contributed by atoms with Gasteiger partial charge in [-0.3, -0.25) is 4.79 Å². The summed E-state index contributed by atoms with van der Waals surface area (Å²) in [5, 5.41) is 0. The summed E-state index contributed by atoms with van der Waals surface area (Å²) in [6.45, 7) is 0.529. The monoisotopic (exact) mass is 272 g/mol. The maximum Gasteiger partial charge on any atom is 0.328 e. The molecule has 1 heterocycles. The second kappa shape index (κ2) is 6.09. The maximum absolute atomic E-state index is 12.4. The van der Waals surface area contributed by atoms with Crippen LogP contribution in [0.2, 0.25) is 0 Å². The zero-order valence-electron chi connectivity index (χ0n) is 11.4. The molecule has 1 aliphatic rings. The number of hydrogen-bond acceptors (Lipinski definition) is 4. The van der Waals surface area contributed by atoms with E-state index in [-0.39, 0.29) is 11.9 Å². The molecule has 1 amide bonds. The summed E-state index contributed by atoms with van der Waals surface area (Å²) in [6.07, 6.45) is 1.40. The quantitative estimate of drug-likeness (QED) is 0.602. The number of likely N-dealkylation sites (tertiary alicyclic amines) is 1. The van der Waals surface area contributed by atoms with Gasteiger partial charge in [0, 0.05) is 6.54 Å². The number of rotatable bonds is 3. The fourth-order valence-electron chi connectivity index (χ4n) is 2.44. The highest BCUT2D eigenvalue weighted by Crippen LogP contribution is 2.22. The second-order valence-electron chi connectivity index (χ2n) is 4.86. The third kappa shape index (κ3) is 2.85. The highest BCUT2D eigenvalue weighted by molar-refractivity contribution is 6.32. The fraction of sp³-hybridized carbons (Fsp3) is 0.429. The highest BCUT2D eigenvalue weighted by Gasteiger charge is 2.37. The Labute approximate surface area is 119 Å². The zero-order chi connectivity index (χ0) is 14.7. The Bertz CT molecular complexity index is 504. The molecule has 1 aromatic carbocycles. The van der Waals surface area contributed by atoms with Crippen LogP contribution in [0.5, 0.6) is 0 Å². The van der Waals surface area contributed by atoms with E-state index in [1.165, 1.54) is 12.0 Å². The molecule has 1 fully saturated rings. The summed E-state index contributed by atoms with van der Waals surface area (Å²) in [6, 6.07) is 5.53. The summed E-state index contributed by atoms with van der Waals surface area (Å²) >= 11 is 0. The van der Waals surface area contributed by atoms with Gasteiger partial charge in [-0.15, -0.1) is 0 Å². The summed E-state index contributed by atoms with van der Waals surface area (Å²) in [4.78, 5) is 25.6. The molecule has 5 nitrogen and oxygen atoms in total. The summed E-state index contributed by atoms with van der Waals surface area (Å²) < 4.78 is 4.73. The van der Waals surface area contributed by atoms with Crippen LogP contribution in [-0.2, 0) is 14.3 Å². The third-order valence-electron chi connectivity index (χ3n) is 3.57. The van der Waals surface area contributed by atoms with Crippen LogP contribution in [0.1, 0.15) is 24.4 Å². The van der Waals surface area contributed by atoms with Crippen molar-refractivity contribution in [3.63, 3.8) is 0 Å². The van der Waals surface area contributed by atoms with Crippen molar-refractivity contribution in [3.05, 3.63) is 29.8 Å². The van der Waals surface area contributed by atoms with Gasteiger partial charge in [-0.25, -0.2) is 4.79 Å². The van der Waals surface area contributed by atoms with Crippen LogP contribution >= 0.6 is 0 Å². The lowest BCUT2D eigenvalue weighted by Crippen LogP contribution is -2.45. The van der Waals surface area contributed by atoms with Crippen LogP contribution in [0.4, 0.5) is 0 Å². The molecule has 104 valence electrons. The van der Waals surface area contributed by atoms with E-state index in [1.54, 1.807) is 24.3 Å². The number of nitrogens with zero attached hydrogens (tertiary/aromatic N) is 1. The second-order valence-corrected chi connectivity index (χ2v) is 4.86. The summed E-state index contributed by atoms with van der Waals surface area (Å²) in [5.41, 5.74) is 7.28. The SMILES string of the molecule is [B]c1ccc(C(N)C(=O)N2CCCC2C(=O)OC)cc1. The molecule has 6 heteroatoms. The van der Waals surface area contributed by atoms with Gasteiger partial charge in [-0.2, -0.15) is 0 Å². The van der Waals surface area contributed by atoms with Gasteiger partial charge in [0.05, 0.1) is 7.11 Å². The number of amides is 1. The molecule has 1 aliphatic heterocycles. The Balaban J connectivity index is 2.13. The van der Waals surface area contributed by atoms with Crippen LogP contribution in [0.3, 0.4) is 0 Å². The van der Waals surface area contributed by atoms with Crippen LogP contribution in [0, 0.1) is 0 Å². The summed E-state index contributed by atoms with van der Waals surface area (Å²) in [7, 11) is 6.93. The van der Waals surface area contributed by atoms with E-state index in [2.05, 4.69) is 0 Å². The lowest BCUT2D eigenvalue weighted by atomic mass is 9.93. The van der Waals surface area contributed by atoms with E-state index in [0.717, 1.165) is 6.42 Å². The minimum atomic E-state index is -0.791. The van der Waals surface area contributed by atoms with Crippen LogP contribution < -0.4 is 11.2 Å². The highest BCUT2D eigenvalue weighted by atomic mass is 16.5. The van der Waals surface area contributed by atoms with Crippen LogP contribution in [0.25, 0.3) is 0 Å². The van der Waals surface area contributed by atoms with E-state index < -0.39 is 12.1 Å². The first-order chi connectivity index (χ1) is 9.54. The van der Waals surface area contributed by atoms with Crippen molar-refractivity contribution < 1.29 is 14.3 Å². The van der Waals surface area contributed by atoms with Gasteiger partial charge in [0.1, 0.15) is 19.9 Å². The van der Waals surface area contributed by atoms with Crippen molar-refractivity contribution in [2.75, 3.05) is 13.7 Å². The Kier molecular flexibility index (Phi) is 4.44. The predicted molar refractivity (Wildman–Crippen MR) is 75.5 cm³/mol. The Morgan fingerprint density at radius 1 is 1.40 bits per heavy atom. The zero-order valence-corrected chi connectivity index (χ0v) is 11.4. The normalized spacial score (nSPS) is 19.7. The molecule has 2 unspecified atom stereocenters. The van der Waals surface area contributed by atoms with E-state index in [4.69, 9.17) is 18.3 Å². The molecule has 1 saturated heterocycles. The number of methoxy groups -OCH3 is 1. The molecule has 0 aromatic heterocycles. The van der Waals surface area contributed by atoms with Gasteiger partial charge in [-0.1, -0.05) is 29.7 Å². The number of benzene rings is 1. The number of nitrogens with two attached hydrogens (primary N) is 1. The van der Waals surface area contributed by atoms with Gasteiger partial charge >= 0.3 is 5.97 Å². The Hall–Kier alpha value is -1.82. The van der Waals surface area contributed by atoms with Gasteiger partial charge in [0.25, 0.3) is 0 Å². The first-order valence-corrected chi connectivity index (χ1v) is 6.54. The van der Waals surface area contributed by atoms with E-state index in [9.17, 15) is 9.59 Å². The molecule has 2 N–H and O–H groups in total. The van der Waals surface area contributed by atoms with Crippen molar-refractivity contribution in [1.29, 1.82) is 0 Å². The van der Waals surface area contributed by atoms with E-state index in [1.807, 2.05) is 0 Å². The lowest BCUT2D eigenvalue weighted by molar-refractivity contribution is -0.151. The van der Waals surface area contributed by atoms with Crippen molar-refractivity contribution in [1.82, 2.24) is 4.90 Å². The largest absolute Gasteiger partial charge is 0.467 e. The molecule has 2 rings (SSSR count). The van der Waals surface area contributed by atoms with Crippen molar-refractivity contribution >= 4 is 25.2 Å². The molecular weight excluding hydrogens is 255 g/mol. The molecule has 0 spiro atoms. The predicted octanol–water partition coefficient (Wildman–Crippen LogP) is -0.356. The minimum Gasteiger partial charge on any atom is -0.467 e. The Morgan fingerprint density at radius 3 is 2.65 bits per heavy atom. The van der Waals surface area contributed by atoms with Crippen molar-refractivity contribution in [2.45, 2.75) is 24.9 Å². The molecule has 1 aromatic rings. The number of hydrogen-bond donors (Lipinski definition) is 1. The first-order valence-electron chi connectivity index (χ1n) is 6.54. The molecule has 0 bridgehead atoms. The van der Waals surface area contributed by atoms with Crippen LogP contribution in [0.15, 0.2) is 24.3 Å². The van der Waals surface area contributed by atoms with Crippen molar-refractivity contribution in [2.24, 2.45) is 5.73 Å². The topological polar surface area (TPSA) is 72.6 Å². The van der Waals surface area contributed by atoms with E-state index in [0.29, 0.717) is 24.0 Å². The van der Waals surface area contributed by atoms with Crippen LogP contribution in [-0.4, -0.2) is 44.3 Å². The smallest absolute Gasteiger partial charge is 0.328 e. The Morgan fingerprint density at radius 2 is 2.05 bits per heavy atom. The molecule has 20 heavy (non-hydrogen) atoms. The molecule has 0 saturated carbocycles. The first kappa shape index (κ1) is 14.6. The number of carbonyl (C=O) groups excluding carboxylic acids is 2. The van der Waals surface area contributed by atoms with Gasteiger partial charge in [-0.05, 0) is 18.4 Å². The molecular formula is C14H17BN2O3.